The topological polar surface area (TPSA) is 72.3 Å². The lowest BCUT2D eigenvalue weighted by Crippen LogP contribution is -1.98. The molecule has 1 rings (SSSR count). The molecule has 1 aromatic heterocycles. The van der Waals surface area contributed by atoms with Crippen LogP contribution in [0.5, 0.6) is 5.19 Å². The highest BCUT2D eigenvalue weighted by Crippen LogP contribution is 2.13. The van der Waals surface area contributed by atoms with Crippen molar-refractivity contribution in [3.63, 3.8) is 0 Å². The number of hydrogen-bond donors (Lipinski definition) is 1. The van der Waals surface area contributed by atoms with Crippen LogP contribution in [0.1, 0.15) is 12.2 Å². The Hall–Kier alpha value is -1.17. The summed E-state index contributed by atoms with van der Waals surface area (Å²) < 4.78 is 8.70. The monoisotopic (exact) mass is 188 g/mol. The second-order valence-electron chi connectivity index (χ2n) is 2.07. The van der Waals surface area contributed by atoms with Crippen molar-refractivity contribution in [3.05, 3.63) is 5.82 Å². The van der Waals surface area contributed by atoms with Crippen LogP contribution in [0.15, 0.2) is 0 Å². The molecular weight excluding hydrogens is 180 g/mol. The van der Waals surface area contributed by atoms with Gasteiger partial charge in [0.05, 0.1) is 13.5 Å². The maximum atomic E-state index is 10.2. The third-order valence-corrected chi connectivity index (χ3v) is 1.90. The fourth-order valence-electron chi connectivity index (χ4n) is 0.641. The van der Waals surface area contributed by atoms with Gasteiger partial charge in [0.1, 0.15) is 5.82 Å². The summed E-state index contributed by atoms with van der Waals surface area (Å²) in [4.78, 5) is 14.1. The number of nitrogens with zero attached hydrogens (tertiary/aromatic N) is 2. The molecule has 12 heavy (non-hydrogen) atoms. The van der Waals surface area contributed by atoms with Crippen LogP contribution in [0, 0.1) is 0 Å². The summed E-state index contributed by atoms with van der Waals surface area (Å²) >= 11 is 1.12. The van der Waals surface area contributed by atoms with Crippen molar-refractivity contribution in [2.24, 2.45) is 0 Å². The maximum Gasteiger partial charge on any atom is 0.303 e. The van der Waals surface area contributed by atoms with E-state index in [4.69, 9.17) is 9.84 Å². The molecule has 0 aliphatic carbocycles. The Kier molecular flexibility index (Phi) is 2.98. The molecule has 0 unspecified atom stereocenters. The molecule has 1 aromatic rings. The first-order chi connectivity index (χ1) is 5.72. The Bertz CT molecular complexity index is 274. The molecule has 0 aliphatic heterocycles. The van der Waals surface area contributed by atoms with Gasteiger partial charge in [-0.05, 0) is 0 Å². The molecule has 0 amide bonds. The summed E-state index contributed by atoms with van der Waals surface area (Å²) in [6.45, 7) is 0. The minimum atomic E-state index is -0.844. The molecule has 5 nitrogen and oxygen atoms in total. The highest BCUT2D eigenvalue weighted by atomic mass is 32.1. The number of aliphatic carboxylic acids is 1. The molecule has 0 fully saturated rings. The molecule has 6 heteroatoms. The SMILES string of the molecule is COc1nc(CCC(=O)O)ns1. The van der Waals surface area contributed by atoms with E-state index in [0.717, 1.165) is 11.5 Å². The molecule has 0 atom stereocenters. The minimum absolute atomic E-state index is 0.0554. The fraction of sp³-hybridized carbons (Fsp3) is 0.500. The van der Waals surface area contributed by atoms with Crippen molar-refractivity contribution in [2.75, 3.05) is 7.11 Å². The zero-order valence-corrected chi connectivity index (χ0v) is 7.30. The van der Waals surface area contributed by atoms with Crippen LogP contribution in [0.2, 0.25) is 0 Å². The van der Waals surface area contributed by atoms with Gasteiger partial charge in [-0.3, -0.25) is 4.79 Å². The first-order valence-electron chi connectivity index (χ1n) is 3.30. The number of ether oxygens (including phenoxy) is 1. The molecule has 0 radical (unpaired) electrons. The van der Waals surface area contributed by atoms with Crippen molar-refractivity contribution < 1.29 is 14.6 Å². The lowest BCUT2D eigenvalue weighted by atomic mass is 10.3. The standard InChI is InChI=1S/C6H8N2O3S/c1-11-6-7-4(8-12-6)2-3-5(9)10/h2-3H2,1H3,(H,9,10). The van der Waals surface area contributed by atoms with Gasteiger partial charge in [-0.2, -0.15) is 9.36 Å². The second kappa shape index (κ2) is 4.01. The largest absolute Gasteiger partial charge is 0.481 e. The van der Waals surface area contributed by atoms with E-state index in [2.05, 4.69) is 9.36 Å². The van der Waals surface area contributed by atoms with Gasteiger partial charge in [-0.25, -0.2) is 0 Å². The van der Waals surface area contributed by atoms with Crippen LogP contribution in [-0.4, -0.2) is 27.5 Å². The third kappa shape index (κ3) is 2.46. The summed E-state index contributed by atoms with van der Waals surface area (Å²) in [5.74, 6) is -0.317. The molecule has 66 valence electrons. The third-order valence-electron chi connectivity index (χ3n) is 1.19. The van der Waals surface area contributed by atoms with Crippen LogP contribution < -0.4 is 4.74 Å². The molecule has 1 heterocycles. The molecule has 0 saturated heterocycles. The zero-order chi connectivity index (χ0) is 8.97. The van der Waals surface area contributed by atoms with Crippen molar-refractivity contribution in [1.82, 2.24) is 9.36 Å². The van der Waals surface area contributed by atoms with E-state index >= 15 is 0 Å². The van der Waals surface area contributed by atoms with Gasteiger partial charge in [-0.1, -0.05) is 0 Å². The van der Waals surface area contributed by atoms with Gasteiger partial charge in [0, 0.05) is 18.0 Å². The average molecular weight is 188 g/mol. The van der Waals surface area contributed by atoms with E-state index in [9.17, 15) is 4.79 Å². The molecule has 0 aromatic carbocycles. The molecule has 0 aliphatic rings. The van der Waals surface area contributed by atoms with Gasteiger partial charge >= 0.3 is 5.97 Å². The van der Waals surface area contributed by atoms with Crippen molar-refractivity contribution in [2.45, 2.75) is 12.8 Å². The highest BCUT2D eigenvalue weighted by molar-refractivity contribution is 7.07. The number of hydrogen-bond acceptors (Lipinski definition) is 5. The number of carboxylic acids is 1. The van der Waals surface area contributed by atoms with Crippen LogP contribution >= 0.6 is 11.5 Å². The van der Waals surface area contributed by atoms with Crippen LogP contribution in [0.25, 0.3) is 0 Å². The van der Waals surface area contributed by atoms with Gasteiger partial charge < -0.3 is 9.84 Å². The van der Waals surface area contributed by atoms with Crippen molar-refractivity contribution in [3.8, 4) is 5.19 Å². The number of aromatic nitrogens is 2. The first kappa shape index (κ1) is 8.92. The summed E-state index contributed by atoms with van der Waals surface area (Å²) in [6.07, 6.45) is 0.412. The van der Waals surface area contributed by atoms with Gasteiger partial charge in [0.25, 0.3) is 5.19 Å². The van der Waals surface area contributed by atoms with Crippen LogP contribution in [0.4, 0.5) is 0 Å². The van der Waals surface area contributed by atoms with Crippen molar-refractivity contribution >= 4 is 17.5 Å². The molecular formula is C6H8N2O3S. The Morgan fingerprint density at radius 2 is 2.50 bits per heavy atom. The van der Waals surface area contributed by atoms with E-state index in [1.54, 1.807) is 0 Å². The van der Waals surface area contributed by atoms with Crippen LogP contribution in [-0.2, 0) is 11.2 Å². The number of rotatable bonds is 4. The Morgan fingerprint density at radius 3 is 3.00 bits per heavy atom. The predicted octanol–water partition coefficient (Wildman–Crippen LogP) is 0.564. The Labute approximate surface area is 73.2 Å². The van der Waals surface area contributed by atoms with Crippen LogP contribution in [0.3, 0.4) is 0 Å². The van der Waals surface area contributed by atoms with Gasteiger partial charge in [0.15, 0.2) is 0 Å². The van der Waals surface area contributed by atoms with E-state index in [1.165, 1.54) is 7.11 Å². The fourth-order valence-corrected chi connectivity index (χ4v) is 1.18. The number of carbonyl (C=O) groups is 1. The smallest absolute Gasteiger partial charge is 0.303 e. The Morgan fingerprint density at radius 1 is 1.75 bits per heavy atom. The van der Waals surface area contributed by atoms with E-state index in [-0.39, 0.29) is 6.42 Å². The normalized spacial score (nSPS) is 9.75. The Balaban J connectivity index is 2.47. The molecule has 1 N–H and O–H groups in total. The first-order valence-corrected chi connectivity index (χ1v) is 4.08. The van der Waals surface area contributed by atoms with Gasteiger partial charge in [-0.15, -0.1) is 0 Å². The summed E-state index contributed by atoms with van der Waals surface area (Å²) in [5.41, 5.74) is 0. The molecule has 0 saturated carbocycles. The quantitative estimate of drug-likeness (QED) is 0.747. The van der Waals surface area contributed by atoms with E-state index < -0.39 is 5.97 Å². The van der Waals surface area contributed by atoms with Gasteiger partial charge in [0.2, 0.25) is 0 Å². The second-order valence-corrected chi connectivity index (χ2v) is 2.79. The van der Waals surface area contributed by atoms with E-state index in [0.29, 0.717) is 17.4 Å². The lowest BCUT2D eigenvalue weighted by molar-refractivity contribution is -0.137. The van der Waals surface area contributed by atoms with E-state index in [1.807, 2.05) is 0 Å². The summed E-state index contributed by atoms with van der Waals surface area (Å²) in [5, 5.41) is 8.82. The minimum Gasteiger partial charge on any atom is -0.481 e. The lowest BCUT2D eigenvalue weighted by Gasteiger charge is -1.89. The summed E-state index contributed by atoms with van der Waals surface area (Å²) in [6, 6.07) is 0. The highest BCUT2D eigenvalue weighted by Gasteiger charge is 2.05. The number of aryl methyl sites for hydroxylation is 1. The summed E-state index contributed by atoms with van der Waals surface area (Å²) in [7, 11) is 1.50. The predicted molar refractivity (Wildman–Crippen MR) is 42.4 cm³/mol. The maximum absolute atomic E-state index is 10.2. The average Bonchev–Trinajstić information content (AvgIpc) is 2.48. The van der Waals surface area contributed by atoms with Crippen molar-refractivity contribution in [1.29, 1.82) is 0 Å². The number of methoxy groups -OCH3 is 1. The number of carboxylic acid groups (broad SMARTS) is 1. The zero-order valence-electron chi connectivity index (χ0n) is 6.48. The molecule has 0 spiro atoms. The molecule has 0 bridgehead atoms.